The molecule has 1 aliphatic rings. The molecule has 3 N–H and O–H groups in total. The van der Waals surface area contributed by atoms with Crippen LogP contribution in [0, 0.1) is 6.61 Å². The van der Waals surface area contributed by atoms with Crippen molar-refractivity contribution < 1.29 is 20.1 Å². The Morgan fingerprint density at radius 2 is 1.94 bits per heavy atom. The van der Waals surface area contributed by atoms with Crippen LogP contribution in [0.15, 0.2) is 28.7 Å². The van der Waals surface area contributed by atoms with Crippen molar-refractivity contribution in [2.75, 3.05) is 0 Å². The van der Waals surface area contributed by atoms with Crippen LogP contribution in [0.3, 0.4) is 0 Å². The number of rotatable bonds is 2. The molecule has 4 nitrogen and oxygen atoms in total. The van der Waals surface area contributed by atoms with E-state index >= 15 is 0 Å². The van der Waals surface area contributed by atoms with Crippen LogP contribution in [0.2, 0.25) is 0 Å². The molecule has 4 atom stereocenters. The monoisotopic (exact) mass is 301 g/mol. The van der Waals surface area contributed by atoms with Gasteiger partial charge in [-0.15, -0.1) is 0 Å². The fraction of sp³-hybridized carbons (Fsp3) is 0.417. The molecule has 1 aliphatic heterocycles. The molecule has 1 unspecified atom stereocenters. The van der Waals surface area contributed by atoms with E-state index in [1.807, 2.05) is 0 Å². The zero-order valence-electron chi connectivity index (χ0n) is 9.25. The van der Waals surface area contributed by atoms with Crippen LogP contribution in [0.25, 0.3) is 0 Å². The van der Waals surface area contributed by atoms with E-state index in [-0.39, 0.29) is 0 Å². The van der Waals surface area contributed by atoms with Gasteiger partial charge in [-0.05, 0) is 24.6 Å². The summed E-state index contributed by atoms with van der Waals surface area (Å²) in [5, 5.41) is 29.8. The van der Waals surface area contributed by atoms with E-state index in [2.05, 4.69) is 15.9 Å². The maximum atomic E-state index is 10.4. The second-order valence-electron chi connectivity index (χ2n) is 4.24. The lowest BCUT2D eigenvalue weighted by Gasteiger charge is -2.27. The van der Waals surface area contributed by atoms with Gasteiger partial charge in [0.25, 0.3) is 0 Å². The van der Waals surface area contributed by atoms with Crippen LogP contribution >= 0.6 is 15.9 Å². The molecule has 17 heavy (non-hydrogen) atoms. The summed E-state index contributed by atoms with van der Waals surface area (Å²) in [7, 11) is 0. The Morgan fingerprint density at radius 1 is 1.35 bits per heavy atom. The topological polar surface area (TPSA) is 69.9 Å². The quantitative estimate of drug-likeness (QED) is 0.760. The highest BCUT2D eigenvalue weighted by Gasteiger charge is 2.51. The molecule has 93 valence electrons. The lowest BCUT2D eigenvalue weighted by atomic mass is 9.87. The Morgan fingerprint density at radius 3 is 2.41 bits per heavy atom. The van der Waals surface area contributed by atoms with Gasteiger partial charge in [-0.3, -0.25) is 0 Å². The first kappa shape index (κ1) is 13.0. The van der Waals surface area contributed by atoms with E-state index in [1.54, 1.807) is 24.3 Å². The van der Waals surface area contributed by atoms with Gasteiger partial charge in [-0.1, -0.05) is 28.1 Å². The third-order valence-corrected chi connectivity index (χ3v) is 3.48. The number of hydrogen-bond acceptors (Lipinski definition) is 4. The molecule has 0 aliphatic carbocycles. The fourth-order valence-electron chi connectivity index (χ4n) is 1.91. The lowest BCUT2D eigenvalue weighted by molar-refractivity contribution is -0.0709. The summed E-state index contributed by atoms with van der Waals surface area (Å²) in [5.74, 6) is 0. The SMILES string of the molecule is CC(O)[C@H]1O[CH][C@@](O)(c2ccc(Br)cc2)[C@@H]1O. The number of benzene rings is 1. The van der Waals surface area contributed by atoms with Crippen molar-refractivity contribution in [2.24, 2.45) is 0 Å². The molecule has 0 bridgehead atoms. The summed E-state index contributed by atoms with van der Waals surface area (Å²) in [5.41, 5.74) is -1.06. The maximum absolute atomic E-state index is 10.4. The molecule has 1 saturated heterocycles. The number of aliphatic hydroxyl groups is 3. The summed E-state index contributed by atoms with van der Waals surface area (Å²) >= 11 is 3.30. The molecule has 1 fully saturated rings. The maximum Gasteiger partial charge on any atom is 0.147 e. The highest BCUT2D eigenvalue weighted by Crippen LogP contribution is 2.38. The number of hydrogen-bond donors (Lipinski definition) is 3. The van der Waals surface area contributed by atoms with Crippen LogP contribution in [0.1, 0.15) is 12.5 Å². The minimum Gasteiger partial charge on any atom is -0.391 e. The van der Waals surface area contributed by atoms with Crippen molar-refractivity contribution in [1.82, 2.24) is 0 Å². The average molecular weight is 302 g/mol. The zero-order chi connectivity index (χ0) is 12.6. The minimum absolute atomic E-state index is 0.524. The summed E-state index contributed by atoms with van der Waals surface area (Å²) < 4.78 is 6.02. The van der Waals surface area contributed by atoms with E-state index in [4.69, 9.17) is 4.74 Å². The summed E-state index contributed by atoms with van der Waals surface area (Å²) in [4.78, 5) is 0. The molecule has 2 rings (SSSR count). The zero-order valence-corrected chi connectivity index (χ0v) is 10.8. The number of halogens is 1. The van der Waals surface area contributed by atoms with Gasteiger partial charge in [0.05, 0.1) is 6.10 Å². The van der Waals surface area contributed by atoms with Crippen molar-refractivity contribution in [1.29, 1.82) is 0 Å². The molecular weight excluding hydrogens is 288 g/mol. The first-order chi connectivity index (χ1) is 7.95. The summed E-state index contributed by atoms with van der Waals surface area (Å²) in [6, 6.07) is 6.92. The second-order valence-corrected chi connectivity index (χ2v) is 5.15. The molecule has 5 heteroatoms. The van der Waals surface area contributed by atoms with E-state index in [1.165, 1.54) is 13.5 Å². The Kier molecular flexibility index (Phi) is 3.56. The van der Waals surface area contributed by atoms with Crippen LogP contribution < -0.4 is 0 Å². The predicted octanol–water partition coefficient (Wildman–Crippen LogP) is 0.939. The molecule has 1 aromatic carbocycles. The normalized spacial score (nSPS) is 34.9. The first-order valence-electron chi connectivity index (χ1n) is 5.29. The van der Waals surface area contributed by atoms with Crippen molar-refractivity contribution in [3.8, 4) is 0 Å². The first-order valence-corrected chi connectivity index (χ1v) is 6.09. The van der Waals surface area contributed by atoms with Gasteiger partial charge in [-0.2, -0.15) is 0 Å². The molecule has 0 aromatic heterocycles. The van der Waals surface area contributed by atoms with Gasteiger partial charge >= 0.3 is 0 Å². The average Bonchev–Trinajstić information content (AvgIpc) is 2.58. The highest BCUT2D eigenvalue weighted by atomic mass is 79.9. The largest absolute Gasteiger partial charge is 0.391 e. The van der Waals surface area contributed by atoms with Gasteiger partial charge < -0.3 is 20.1 Å². The predicted molar refractivity (Wildman–Crippen MR) is 64.9 cm³/mol. The number of aliphatic hydroxyl groups excluding tert-OH is 2. The van der Waals surface area contributed by atoms with Gasteiger partial charge in [0, 0.05) is 4.47 Å². The van der Waals surface area contributed by atoms with Gasteiger partial charge in [0.2, 0.25) is 0 Å². The van der Waals surface area contributed by atoms with Gasteiger partial charge in [0.1, 0.15) is 24.4 Å². The summed E-state index contributed by atoms with van der Waals surface area (Å²) in [6.45, 7) is 2.69. The number of ether oxygens (including phenoxy) is 1. The van der Waals surface area contributed by atoms with Crippen molar-refractivity contribution in [3.05, 3.63) is 40.9 Å². The van der Waals surface area contributed by atoms with Crippen LogP contribution in [-0.4, -0.2) is 33.6 Å². The minimum atomic E-state index is -1.58. The van der Waals surface area contributed by atoms with Crippen molar-refractivity contribution in [3.63, 3.8) is 0 Å². The standard InChI is InChI=1S/C12H14BrO4/c1-7(14)10-11(15)12(16,6-17-10)8-2-4-9(13)5-3-8/h2-7,10-11,14-16H,1H3/t7?,10-,11-,12-/m1/s1. The fourth-order valence-corrected chi connectivity index (χ4v) is 2.17. The Labute approximate surface area is 108 Å². The smallest absolute Gasteiger partial charge is 0.147 e. The molecule has 0 saturated carbocycles. The molecule has 1 heterocycles. The van der Waals surface area contributed by atoms with Gasteiger partial charge in [-0.25, -0.2) is 0 Å². The van der Waals surface area contributed by atoms with Crippen molar-refractivity contribution in [2.45, 2.75) is 30.8 Å². The molecular formula is C12H14BrO4. The van der Waals surface area contributed by atoms with Crippen molar-refractivity contribution >= 4 is 15.9 Å². The van der Waals surface area contributed by atoms with E-state index in [0.717, 1.165) is 4.47 Å². The van der Waals surface area contributed by atoms with E-state index in [0.29, 0.717) is 5.56 Å². The third-order valence-electron chi connectivity index (χ3n) is 2.95. The van der Waals surface area contributed by atoms with Crippen LogP contribution in [0.4, 0.5) is 0 Å². The molecule has 1 aromatic rings. The molecule has 0 amide bonds. The van der Waals surface area contributed by atoms with E-state index < -0.39 is 23.9 Å². The molecule has 1 radical (unpaired) electrons. The Hall–Kier alpha value is -0.460. The van der Waals surface area contributed by atoms with Crippen LogP contribution in [0.5, 0.6) is 0 Å². The van der Waals surface area contributed by atoms with Gasteiger partial charge in [0.15, 0.2) is 0 Å². The Bertz CT molecular complexity index is 392. The lowest BCUT2D eigenvalue weighted by Crippen LogP contribution is -2.43. The highest BCUT2D eigenvalue weighted by molar-refractivity contribution is 9.10. The van der Waals surface area contributed by atoms with E-state index in [9.17, 15) is 15.3 Å². The van der Waals surface area contributed by atoms with Crippen LogP contribution in [-0.2, 0) is 10.3 Å². The summed E-state index contributed by atoms with van der Waals surface area (Å²) in [6.07, 6.45) is -2.86. The second kappa shape index (κ2) is 4.66. The Balaban J connectivity index is 2.28. The molecule has 0 spiro atoms. The third kappa shape index (κ3) is 2.26.